The lowest BCUT2D eigenvalue weighted by Crippen LogP contribution is -2.12. The molecule has 4 nitrogen and oxygen atoms in total. The number of nitrogens with zero attached hydrogens (tertiary/aromatic N) is 1. The molecule has 12 heavy (non-hydrogen) atoms. The zero-order valence-electron chi connectivity index (χ0n) is 6.87. The highest BCUT2D eigenvalue weighted by Gasteiger charge is 1.96. The third-order valence-corrected chi connectivity index (χ3v) is 1.40. The van der Waals surface area contributed by atoms with Crippen LogP contribution in [0, 0.1) is 5.41 Å². The summed E-state index contributed by atoms with van der Waals surface area (Å²) < 4.78 is 4.88. The van der Waals surface area contributed by atoms with Crippen molar-refractivity contribution in [2.24, 2.45) is 5.73 Å². The van der Waals surface area contributed by atoms with Crippen LogP contribution in [0.1, 0.15) is 5.56 Å². The lowest BCUT2D eigenvalue weighted by atomic mass is 10.2. The number of nitrogens with one attached hydrogen (secondary N) is 1. The Bertz CT molecular complexity index is 268. The summed E-state index contributed by atoms with van der Waals surface area (Å²) in [7, 11) is 1.56. The van der Waals surface area contributed by atoms with Gasteiger partial charge in [0.05, 0.1) is 12.9 Å². The molecule has 0 fully saturated rings. The van der Waals surface area contributed by atoms with Crippen LogP contribution in [0.4, 0.5) is 0 Å². The number of amidine groups is 1. The largest absolute Gasteiger partial charge is 0.481 e. The van der Waals surface area contributed by atoms with Crippen LogP contribution in [0.5, 0.6) is 5.88 Å². The van der Waals surface area contributed by atoms with Gasteiger partial charge in [0, 0.05) is 18.7 Å². The molecule has 0 amide bonds. The summed E-state index contributed by atoms with van der Waals surface area (Å²) >= 11 is 0. The van der Waals surface area contributed by atoms with Crippen LogP contribution < -0.4 is 10.5 Å². The first-order chi connectivity index (χ1) is 5.72. The van der Waals surface area contributed by atoms with Crippen molar-refractivity contribution in [3.05, 3.63) is 23.9 Å². The molecule has 0 saturated heterocycles. The molecule has 0 bridgehead atoms. The highest BCUT2D eigenvalue weighted by atomic mass is 16.5. The molecule has 3 N–H and O–H groups in total. The van der Waals surface area contributed by atoms with E-state index in [1.807, 2.05) is 6.07 Å². The summed E-state index contributed by atoms with van der Waals surface area (Å²) in [6, 6.07) is 3.59. The van der Waals surface area contributed by atoms with E-state index in [1.165, 1.54) is 0 Å². The Hall–Kier alpha value is -1.58. The molecule has 1 heterocycles. The van der Waals surface area contributed by atoms with E-state index < -0.39 is 0 Å². The molecule has 1 aromatic rings. The van der Waals surface area contributed by atoms with Crippen molar-refractivity contribution in [2.75, 3.05) is 7.11 Å². The van der Waals surface area contributed by atoms with Gasteiger partial charge in [-0.15, -0.1) is 0 Å². The standard InChI is InChI=1S/C8H11N3O/c1-12-8-3-2-6(5-11-8)4-7(9)10/h2-3,5H,4H2,1H3,(H3,9,10). The molecule has 0 radical (unpaired) electrons. The third-order valence-electron chi connectivity index (χ3n) is 1.40. The van der Waals surface area contributed by atoms with Crippen LogP contribution in [0.3, 0.4) is 0 Å². The monoisotopic (exact) mass is 165 g/mol. The molecule has 64 valence electrons. The van der Waals surface area contributed by atoms with Crippen molar-refractivity contribution in [3.8, 4) is 5.88 Å². The molecule has 0 saturated carbocycles. The molecule has 0 unspecified atom stereocenters. The Morgan fingerprint density at radius 1 is 1.67 bits per heavy atom. The predicted molar refractivity (Wildman–Crippen MR) is 46.4 cm³/mol. The van der Waals surface area contributed by atoms with Crippen molar-refractivity contribution in [1.29, 1.82) is 5.41 Å². The summed E-state index contributed by atoms with van der Waals surface area (Å²) in [5.74, 6) is 0.712. The first-order valence-corrected chi connectivity index (χ1v) is 3.54. The molecule has 4 heteroatoms. The van der Waals surface area contributed by atoms with Gasteiger partial charge in [-0.25, -0.2) is 4.98 Å². The van der Waals surface area contributed by atoms with Crippen LogP contribution in [0.25, 0.3) is 0 Å². The lowest BCUT2D eigenvalue weighted by molar-refractivity contribution is 0.397. The highest BCUT2D eigenvalue weighted by Crippen LogP contribution is 2.06. The second kappa shape index (κ2) is 3.71. The molecule has 0 atom stereocenters. The highest BCUT2D eigenvalue weighted by molar-refractivity contribution is 5.79. The smallest absolute Gasteiger partial charge is 0.212 e. The second-order valence-electron chi connectivity index (χ2n) is 2.41. The van der Waals surface area contributed by atoms with E-state index in [1.54, 1.807) is 19.4 Å². The van der Waals surface area contributed by atoms with Gasteiger partial charge in [0.25, 0.3) is 0 Å². The van der Waals surface area contributed by atoms with Gasteiger partial charge in [-0.2, -0.15) is 0 Å². The van der Waals surface area contributed by atoms with Crippen LogP contribution in [-0.2, 0) is 6.42 Å². The lowest BCUT2D eigenvalue weighted by Gasteiger charge is -2.00. The van der Waals surface area contributed by atoms with Crippen LogP contribution in [0.15, 0.2) is 18.3 Å². The quantitative estimate of drug-likeness (QED) is 0.508. The fourth-order valence-corrected chi connectivity index (χ4v) is 0.856. The van der Waals surface area contributed by atoms with E-state index in [9.17, 15) is 0 Å². The summed E-state index contributed by atoms with van der Waals surface area (Å²) in [6.07, 6.45) is 2.09. The molecule has 0 aromatic carbocycles. The van der Waals surface area contributed by atoms with E-state index in [-0.39, 0.29) is 5.84 Å². The molecule has 0 aliphatic carbocycles. The maximum absolute atomic E-state index is 7.05. The number of aromatic nitrogens is 1. The summed E-state index contributed by atoms with van der Waals surface area (Å²) in [4.78, 5) is 3.98. The van der Waals surface area contributed by atoms with Crippen molar-refractivity contribution in [2.45, 2.75) is 6.42 Å². The fraction of sp³-hybridized carbons (Fsp3) is 0.250. The molecule has 1 rings (SSSR count). The number of rotatable bonds is 3. The Balaban J connectivity index is 2.71. The normalized spacial score (nSPS) is 9.42. The molecular formula is C8H11N3O. The Morgan fingerprint density at radius 2 is 2.42 bits per heavy atom. The Morgan fingerprint density at radius 3 is 2.83 bits per heavy atom. The molecule has 0 spiro atoms. The van der Waals surface area contributed by atoms with E-state index in [0.717, 1.165) is 5.56 Å². The van der Waals surface area contributed by atoms with Crippen molar-refractivity contribution in [1.82, 2.24) is 4.98 Å². The van der Waals surface area contributed by atoms with Gasteiger partial charge >= 0.3 is 0 Å². The SMILES string of the molecule is COc1ccc(CC(=N)N)cn1. The average Bonchev–Trinajstić information content (AvgIpc) is 2.05. The number of methoxy groups -OCH3 is 1. The van der Waals surface area contributed by atoms with E-state index in [4.69, 9.17) is 15.9 Å². The molecule has 1 aromatic heterocycles. The number of hydrogen-bond acceptors (Lipinski definition) is 3. The first kappa shape index (κ1) is 8.52. The van der Waals surface area contributed by atoms with Gasteiger partial charge in [0.2, 0.25) is 5.88 Å². The fourth-order valence-electron chi connectivity index (χ4n) is 0.856. The van der Waals surface area contributed by atoms with E-state index in [0.29, 0.717) is 12.3 Å². The average molecular weight is 165 g/mol. The zero-order chi connectivity index (χ0) is 8.97. The number of nitrogens with two attached hydrogens (primary N) is 1. The van der Waals surface area contributed by atoms with Gasteiger partial charge in [-0.1, -0.05) is 6.07 Å². The van der Waals surface area contributed by atoms with Gasteiger partial charge in [0.1, 0.15) is 0 Å². The maximum Gasteiger partial charge on any atom is 0.212 e. The van der Waals surface area contributed by atoms with Crippen LogP contribution in [0.2, 0.25) is 0 Å². The van der Waals surface area contributed by atoms with Crippen molar-refractivity contribution >= 4 is 5.84 Å². The summed E-state index contributed by atoms with van der Waals surface area (Å²) in [5, 5.41) is 7.05. The van der Waals surface area contributed by atoms with E-state index in [2.05, 4.69) is 4.98 Å². The molecule has 0 aliphatic heterocycles. The van der Waals surface area contributed by atoms with Crippen molar-refractivity contribution in [3.63, 3.8) is 0 Å². The number of pyridine rings is 1. The number of ether oxygens (including phenoxy) is 1. The van der Waals surface area contributed by atoms with Gasteiger partial charge < -0.3 is 10.5 Å². The Labute approximate surface area is 70.9 Å². The first-order valence-electron chi connectivity index (χ1n) is 3.54. The van der Waals surface area contributed by atoms with Gasteiger partial charge in [-0.3, -0.25) is 5.41 Å². The van der Waals surface area contributed by atoms with Gasteiger partial charge in [0.15, 0.2) is 0 Å². The molecular weight excluding hydrogens is 154 g/mol. The Kier molecular flexibility index (Phi) is 2.63. The van der Waals surface area contributed by atoms with E-state index >= 15 is 0 Å². The predicted octanol–water partition coefficient (Wildman–Crippen LogP) is 0.569. The second-order valence-corrected chi connectivity index (χ2v) is 2.41. The van der Waals surface area contributed by atoms with Gasteiger partial charge in [-0.05, 0) is 5.56 Å². The minimum atomic E-state index is 0.141. The summed E-state index contributed by atoms with van der Waals surface area (Å²) in [6.45, 7) is 0. The third kappa shape index (κ3) is 2.23. The van der Waals surface area contributed by atoms with Crippen LogP contribution >= 0.6 is 0 Å². The molecule has 0 aliphatic rings. The maximum atomic E-state index is 7.05. The summed E-state index contributed by atoms with van der Waals surface area (Å²) in [5.41, 5.74) is 6.14. The van der Waals surface area contributed by atoms with Crippen LogP contribution in [-0.4, -0.2) is 17.9 Å². The van der Waals surface area contributed by atoms with Crippen molar-refractivity contribution < 1.29 is 4.74 Å². The topological polar surface area (TPSA) is 72.0 Å². The minimum Gasteiger partial charge on any atom is -0.481 e. The zero-order valence-corrected chi connectivity index (χ0v) is 6.87. The minimum absolute atomic E-state index is 0.141. The number of hydrogen-bond donors (Lipinski definition) is 2.